The molecule has 150 valence electrons. The van der Waals surface area contributed by atoms with Crippen molar-refractivity contribution in [2.75, 3.05) is 6.61 Å². The monoisotopic (exact) mass is 374 g/mol. The second-order valence-corrected chi connectivity index (χ2v) is 6.15. The van der Waals surface area contributed by atoms with E-state index in [1.165, 1.54) is 0 Å². The van der Waals surface area contributed by atoms with Gasteiger partial charge in [0.1, 0.15) is 12.1 Å². The van der Waals surface area contributed by atoms with E-state index in [0.717, 1.165) is 32.1 Å². The van der Waals surface area contributed by atoms with Crippen LogP contribution in [0.1, 0.15) is 64.7 Å². The predicted octanol–water partition coefficient (Wildman–Crippen LogP) is 0.648. The summed E-state index contributed by atoms with van der Waals surface area (Å²) in [4.78, 5) is 45.5. The number of amides is 2. The van der Waals surface area contributed by atoms with Crippen molar-refractivity contribution in [3.8, 4) is 0 Å². The van der Waals surface area contributed by atoms with Crippen LogP contribution in [-0.2, 0) is 19.2 Å². The second-order valence-electron chi connectivity index (χ2n) is 6.15. The molecule has 0 spiro atoms. The molecule has 2 amide bonds. The number of hydrogen-bond acceptors (Lipinski definition) is 5. The molecule has 0 aromatic heterocycles. The van der Waals surface area contributed by atoms with Gasteiger partial charge in [0.05, 0.1) is 6.61 Å². The fourth-order valence-electron chi connectivity index (χ4n) is 2.32. The van der Waals surface area contributed by atoms with Crippen LogP contribution in [-0.4, -0.2) is 57.8 Å². The first-order valence-electron chi connectivity index (χ1n) is 8.97. The topological polar surface area (TPSA) is 153 Å². The van der Waals surface area contributed by atoms with Crippen LogP contribution in [0.3, 0.4) is 0 Å². The highest BCUT2D eigenvalue weighted by molar-refractivity contribution is 5.90. The molecule has 0 bridgehead atoms. The summed E-state index contributed by atoms with van der Waals surface area (Å²) in [6.07, 6.45) is 5.53. The number of unbranched alkanes of at least 4 members (excludes halogenated alkanes) is 5. The Morgan fingerprint density at radius 1 is 0.846 bits per heavy atom. The summed E-state index contributed by atoms with van der Waals surface area (Å²) in [6.45, 7) is 1.43. The predicted molar refractivity (Wildman–Crippen MR) is 93.4 cm³/mol. The van der Waals surface area contributed by atoms with Gasteiger partial charge in [0.25, 0.3) is 0 Å². The lowest BCUT2D eigenvalue weighted by Crippen LogP contribution is -2.53. The van der Waals surface area contributed by atoms with Gasteiger partial charge in [-0.2, -0.15) is 0 Å². The smallest absolute Gasteiger partial charge is 0.326 e. The Morgan fingerprint density at radius 2 is 1.46 bits per heavy atom. The van der Waals surface area contributed by atoms with Crippen molar-refractivity contribution in [1.29, 1.82) is 0 Å². The Bertz CT molecular complexity index is 468. The largest absolute Gasteiger partial charge is 0.481 e. The van der Waals surface area contributed by atoms with Gasteiger partial charge in [0.2, 0.25) is 11.8 Å². The number of carboxylic acids is 2. The van der Waals surface area contributed by atoms with Gasteiger partial charge in [-0.15, -0.1) is 0 Å². The minimum absolute atomic E-state index is 0.220. The molecule has 0 rings (SSSR count). The van der Waals surface area contributed by atoms with Gasteiger partial charge in [-0.3, -0.25) is 14.4 Å². The summed E-state index contributed by atoms with van der Waals surface area (Å²) < 4.78 is 0. The van der Waals surface area contributed by atoms with E-state index in [4.69, 9.17) is 10.2 Å². The number of aliphatic hydroxyl groups excluding tert-OH is 1. The molecule has 9 heteroatoms. The zero-order valence-electron chi connectivity index (χ0n) is 15.2. The van der Waals surface area contributed by atoms with Crippen LogP contribution in [0.15, 0.2) is 0 Å². The maximum Gasteiger partial charge on any atom is 0.326 e. The maximum atomic E-state index is 12.0. The van der Waals surface area contributed by atoms with Gasteiger partial charge < -0.3 is 26.0 Å². The average Bonchev–Trinajstić information content (AvgIpc) is 2.58. The van der Waals surface area contributed by atoms with Crippen molar-refractivity contribution in [3.05, 3.63) is 0 Å². The van der Waals surface area contributed by atoms with E-state index in [-0.39, 0.29) is 12.8 Å². The zero-order valence-corrected chi connectivity index (χ0v) is 15.2. The molecule has 5 N–H and O–H groups in total. The highest BCUT2D eigenvalue weighted by Gasteiger charge is 2.26. The second kappa shape index (κ2) is 14.1. The molecule has 2 atom stereocenters. The molecular weight excluding hydrogens is 344 g/mol. The summed E-state index contributed by atoms with van der Waals surface area (Å²) in [7, 11) is 0. The molecule has 26 heavy (non-hydrogen) atoms. The van der Waals surface area contributed by atoms with Crippen LogP contribution in [0.25, 0.3) is 0 Å². The Kier molecular flexibility index (Phi) is 12.9. The van der Waals surface area contributed by atoms with Crippen LogP contribution in [0.4, 0.5) is 0 Å². The fraction of sp³-hybridized carbons (Fsp3) is 0.765. The number of nitrogens with one attached hydrogen (secondary N) is 2. The summed E-state index contributed by atoms with van der Waals surface area (Å²) in [6, 6.07) is -2.67. The number of aliphatic carboxylic acids is 2. The Labute approximate surface area is 153 Å². The number of carbonyl (C=O) groups is 4. The molecule has 0 aliphatic carbocycles. The number of rotatable bonds is 15. The quantitative estimate of drug-likeness (QED) is 0.264. The van der Waals surface area contributed by atoms with Crippen LogP contribution in [0.2, 0.25) is 0 Å². The third-order valence-electron chi connectivity index (χ3n) is 3.85. The van der Waals surface area contributed by atoms with Crippen molar-refractivity contribution in [3.63, 3.8) is 0 Å². The summed E-state index contributed by atoms with van der Waals surface area (Å²) in [5.41, 5.74) is 0. The van der Waals surface area contributed by atoms with Crippen molar-refractivity contribution in [2.45, 2.75) is 76.8 Å². The van der Waals surface area contributed by atoms with Gasteiger partial charge in [0.15, 0.2) is 0 Å². The molecule has 0 aromatic rings. The van der Waals surface area contributed by atoms with E-state index in [2.05, 4.69) is 17.6 Å². The SMILES string of the molecule is CCCCCCCCC(=O)N[C@@H](CO)C(=O)N[C@H](CCC(=O)O)C(=O)O. The van der Waals surface area contributed by atoms with Gasteiger partial charge in [-0.25, -0.2) is 4.79 Å². The van der Waals surface area contributed by atoms with Crippen LogP contribution in [0, 0.1) is 0 Å². The fourth-order valence-corrected chi connectivity index (χ4v) is 2.32. The van der Waals surface area contributed by atoms with Crippen LogP contribution < -0.4 is 10.6 Å². The third-order valence-corrected chi connectivity index (χ3v) is 3.85. The zero-order chi connectivity index (χ0) is 19.9. The number of carboxylic acid groups (broad SMARTS) is 2. The number of aliphatic hydroxyl groups is 1. The average molecular weight is 374 g/mol. The van der Waals surface area contributed by atoms with Crippen LogP contribution >= 0.6 is 0 Å². The lowest BCUT2D eigenvalue weighted by Gasteiger charge is -2.19. The van der Waals surface area contributed by atoms with Crippen molar-refractivity contribution < 1.29 is 34.5 Å². The minimum atomic E-state index is -1.40. The molecule has 9 nitrogen and oxygen atoms in total. The van der Waals surface area contributed by atoms with Gasteiger partial charge in [0, 0.05) is 12.8 Å². The van der Waals surface area contributed by atoms with Gasteiger partial charge >= 0.3 is 11.9 Å². The van der Waals surface area contributed by atoms with E-state index in [1.54, 1.807) is 0 Å². The van der Waals surface area contributed by atoms with E-state index in [1.807, 2.05) is 0 Å². The first kappa shape index (κ1) is 23.8. The molecule has 0 saturated heterocycles. The lowest BCUT2D eigenvalue weighted by atomic mass is 10.1. The molecule has 0 aromatic carbocycles. The Morgan fingerprint density at radius 3 is 2.00 bits per heavy atom. The highest BCUT2D eigenvalue weighted by Crippen LogP contribution is 2.07. The summed E-state index contributed by atoms with van der Waals surface area (Å²) in [5, 5.41) is 31.4. The number of hydrogen-bond donors (Lipinski definition) is 5. The van der Waals surface area contributed by atoms with Gasteiger partial charge in [-0.05, 0) is 12.8 Å². The van der Waals surface area contributed by atoms with Crippen molar-refractivity contribution >= 4 is 23.8 Å². The highest BCUT2D eigenvalue weighted by atomic mass is 16.4. The Balaban J connectivity index is 4.33. The van der Waals surface area contributed by atoms with Crippen LogP contribution in [0.5, 0.6) is 0 Å². The number of carbonyl (C=O) groups excluding carboxylic acids is 2. The Hall–Kier alpha value is -2.16. The summed E-state index contributed by atoms with van der Waals surface area (Å²) >= 11 is 0. The van der Waals surface area contributed by atoms with E-state index in [0.29, 0.717) is 6.42 Å². The minimum Gasteiger partial charge on any atom is -0.481 e. The van der Waals surface area contributed by atoms with Crippen molar-refractivity contribution in [2.24, 2.45) is 0 Å². The molecule has 0 radical (unpaired) electrons. The molecule has 0 fully saturated rings. The first-order chi connectivity index (χ1) is 12.3. The van der Waals surface area contributed by atoms with E-state index >= 15 is 0 Å². The van der Waals surface area contributed by atoms with Crippen molar-refractivity contribution in [1.82, 2.24) is 10.6 Å². The molecule has 0 heterocycles. The molecule has 0 aliphatic heterocycles. The molecule has 0 aliphatic rings. The first-order valence-corrected chi connectivity index (χ1v) is 8.97. The van der Waals surface area contributed by atoms with E-state index in [9.17, 15) is 24.3 Å². The standard InChI is InChI=1S/C17H30N2O7/c1-2-3-4-5-6-7-8-14(21)18-13(11-20)16(24)19-12(17(25)26)9-10-15(22)23/h12-13,20H,2-11H2,1H3,(H,18,21)(H,19,24)(H,22,23)(H,25,26)/t12-,13+/m1/s1. The molecule has 0 saturated carbocycles. The third kappa shape index (κ3) is 11.4. The van der Waals surface area contributed by atoms with E-state index < -0.39 is 48.9 Å². The molecule has 0 unspecified atom stereocenters. The molecular formula is C17H30N2O7. The van der Waals surface area contributed by atoms with Gasteiger partial charge in [-0.1, -0.05) is 39.0 Å². The lowest BCUT2D eigenvalue weighted by molar-refractivity contribution is -0.143. The maximum absolute atomic E-state index is 12.0. The summed E-state index contributed by atoms with van der Waals surface area (Å²) in [5.74, 6) is -3.82. The normalized spacial score (nSPS) is 12.8.